The van der Waals surface area contributed by atoms with E-state index >= 15 is 0 Å². The van der Waals surface area contributed by atoms with Crippen LogP contribution in [0.3, 0.4) is 0 Å². The average Bonchev–Trinajstić information content (AvgIpc) is 2.54. The van der Waals surface area contributed by atoms with E-state index in [-0.39, 0.29) is 18.2 Å². The van der Waals surface area contributed by atoms with Crippen molar-refractivity contribution in [3.63, 3.8) is 0 Å². The highest BCUT2D eigenvalue weighted by Crippen LogP contribution is 2.22. The average molecular weight is 320 g/mol. The number of rotatable bonds is 6. The van der Waals surface area contributed by atoms with Gasteiger partial charge in [0, 0.05) is 13.0 Å². The number of amides is 1. The summed E-state index contributed by atoms with van der Waals surface area (Å²) >= 11 is 0. The van der Waals surface area contributed by atoms with Crippen LogP contribution in [0.2, 0.25) is 0 Å². The monoisotopic (exact) mass is 320 g/mol. The molecule has 0 radical (unpaired) electrons. The van der Waals surface area contributed by atoms with Crippen molar-refractivity contribution in [2.75, 3.05) is 33.2 Å². The fourth-order valence-corrected chi connectivity index (χ4v) is 3.10. The highest BCUT2D eigenvalue weighted by Gasteiger charge is 2.23. The number of phenols is 1. The molecule has 0 bridgehead atoms. The van der Waals surface area contributed by atoms with Crippen molar-refractivity contribution in [1.29, 1.82) is 0 Å². The van der Waals surface area contributed by atoms with E-state index < -0.39 is 6.10 Å². The number of benzene rings is 1. The molecule has 1 aromatic rings. The van der Waals surface area contributed by atoms with Gasteiger partial charge in [0.15, 0.2) is 0 Å². The maximum Gasteiger partial charge on any atom is 0.222 e. The van der Waals surface area contributed by atoms with Crippen LogP contribution in [0.5, 0.6) is 5.75 Å². The van der Waals surface area contributed by atoms with Crippen LogP contribution in [0.15, 0.2) is 24.3 Å². The summed E-state index contributed by atoms with van der Waals surface area (Å²) in [4.78, 5) is 16.5. The predicted molar refractivity (Wildman–Crippen MR) is 90.2 cm³/mol. The van der Waals surface area contributed by atoms with E-state index in [1.807, 2.05) is 6.92 Å². The number of aliphatic hydroxyl groups excluding tert-OH is 1. The van der Waals surface area contributed by atoms with Crippen molar-refractivity contribution in [3.8, 4) is 5.75 Å². The van der Waals surface area contributed by atoms with Crippen LogP contribution in [0.1, 0.15) is 37.9 Å². The first-order valence-electron chi connectivity index (χ1n) is 8.43. The predicted octanol–water partition coefficient (Wildman–Crippen LogP) is 2.01. The molecular weight excluding hydrogens is 292 g/mol. The van der Waals surface area contributed by atoms with Gasteiger partial charge < -0.3 is 20.0 Å². The number of likely N-dealkylation sites (tertiary alicyclic amines) is 1. The maximum atomic E-state index is 12.5. The molecular formula is C18H28N2O3. The van der Waals surface area contributed by atoms with Crippen LogP contribution in [0, 0.1) is 5.92 Å². The molecule has 1 amide bonds. The Morgan fingerprint density at radius 1 is 1.39 bits per heavy atom. The fourth-order valence-electron chi connectivity index (χ4n) is 3.10. The van der Waals surface area contributed by atoms with E-state index in [0.717, 1.165) is 25.9 Å². The van der Waals surface area contributed by atoms with Gasteiger partial charge in [-0.2, -0.15) is 0 Å². The number of carbonyl (C=O) groups excluding carboxylic acids is 1. The molecule has 2 N–H and O–H groups in total. The molecule has 0 aromatic heterocycles. The number of aliphatic hydroxyl groups is 1. The standard InChI is InChI=1S/C18H28N2O3/c1-3-20(13-17(22)15-5-4-6-16(21)12-15)18(23)11-14-7-9-19(2)10-8-14/h4-6,12,14,17,21-22H,3,7-11,13H2,1-2H3/t17-/m1/s1. The van der Waals surface area contributed by atoms with Crippen molar-refractivity contribution in [2.24, 2.45) is 5.92 Å². The van der Waals surface area contributed by atoms with Gasteiger partial charge in [0.1, 0.15) is 5.75 Å². The van der Waals surface area contributed by atoms with Gasteiger partial charge in [-0.1, -0.05) is 12.1 Å². The van der Waals surface area contributed by atoms with Crippen molar-refractivity contribution in [1.82, 2.24) is 9.80 Å². The molecule has 2 rings (SSSR count). The van der Waals surface area contributed by atoms with Gasteiger partial charge in [-0.3, -0.25) is 4.79 Å². The van der Waals surface area contributed by atoms with E-state index in [1.165, 1.54) is 0 Å². The third-order valence-corrected chi connectivity index (χ3v) is 4.68. The van der Waals surface area contributed by atoms with Crippen molar-refractivity contribution in [2.45, 2.75) is 32.3 Å². The van der Waals surface area contributed by atoms with E-state index in [0.29, 0.717) is 24.4 Å². The molecule has 1 aliphatic heterocycles. The van der Waals surface area contributed by atoms with Crippen LogP contribution in [0.4, 0.5) is 0 Å². The zero-order chi connectivity index (χ0) is 16.8. The first-order chi connectivity index (χ1) is 11.0. The number of carbonyl (C=O) groups is 1. The molecule has 1 saturated heterocycles. The van der Waals surface area contributed by atoms with Crippen LogP contribution in [-0.2, 0) is 4.79 Å². The lowest BCUT2D eigenvalue weighted by Gasteiger charge is -2.31. The quantitative estimate of drug-likeness (QED) is 0.841. The van der Waals surface area contributed by atoms with E-state index in [2.05, 4.69) is 11.9 Å². The number of aromatic hydroxyl groups is 1. The minimum absolute atomic E-state index is 0.112. The van der Waals surface area contributed by atoms with Crippen LogP contribution in [0.25, 0.3) is 0 Å². The minimum atomic E-state index is -0.775. The molecule has 0 spiro atoms. The lowest BCUT2D eigenvalue weighted by atomic mass is 9.93. The Labute approximate surface area is 138 Å². The number of hydrogen-bond acceptors (Lipinski definition) is 4. The first-order valence-corrected chi connectivity index (χ1v) is 8.43. The second kappa shape index (κ2) is 8.31. The molecule has 0 aliphatic carbocycles. The second-order valence-corrected chi connectivity index (χ2v) is 6.49. The molecule has 5 heteroatoms. The molecule has 0 saturated carbocycles. The zero-order valence-electron chi connectivity index (χ0n) is 14.1. The highest BCUT2D eigenvalue weighted by atomic mass is 16.3. The van der Waals surface area contributed by atoms with Gasteiger partial charge in [0.25, 0.3) is 0 Å². The van der Waals surface area contributed by atoms with Gasteiger partial charge >= 0.3 is 0 Å². The van der Waals surface area contributed by atoms with Crippen molar-refractivity contribution < 1.29 is 15.0 Å². The maximum absolute atomic E-state index is 12.5. The van der Waals surface area contributed by atoms with Gasteiger partial charge in [0.05, 0.1) is 12.6 Å². The summed E-state index contributed by atoms with van der Waals surface area (Å²) in [5.41, 5.74) is 0.635. The Kier molecular flexibility index (Phi) is 6.42. The summed E-state index contributed by atoms with van der Waals surface area (Å²) in [5, 5.41) is 19.8. The summed E-state index contributed by atoms with van der Waals surface area (Å²) in [7, 11) is 2.11. The molecule has 1 aliphatic rings. The lowest BCUT2D eigenvalue weighted by Crippen LogP contribution is -2.37. The Balaban J connectivity index is 1.89. The Hall–Kier alpha value is -1.59. The summed E-state index contributed by atoms with van der Waals surface area (Å²) in [6, 6.07) is 6.57. The summed E-state index contributed by atoms with van der Waals surface area (Å²) in [6.07, 6.45) is 1.92. The molecule has 1 aromatic carbocycles. The largest absolute Gasteiger partial charge is 0.508 e. The van der Waals surface area contributed by atoms with E-state index in [9.17, 15) is 15.0 Å². The lowest BCUT2D eigenvalue weighted by molar-refractivity contribution is -0.133. The highest BCUT2D eigenvalue weighted by molar-refractivity contribution is 5.76. The molecule has 1 atom stereocenters. The Bertz CT molecular complexity index is 513. The fraction of sp³-hybridized carbons (Fsp3) is 0.611. The summed E-state index contributed by atoms with van der Waals surface area (Å²) in [5.74, 6) is 0.689. The molecule has 128 valence electrons. The Morgan fingerprint density at radius 3 is 2.70 bits per heavy atom. The van der Waals surface area contributed by atoms with E-state index in [4.69, 9.17) is 0 Å². The van der Waals surface area contributed by atoms with Crippen molar-refractivity contribution >= 4 is 5.91 Å². The second-order valence-electron chi connectivity index (χ2n) is 6.49. The molecule has 0 unspecified atom stereocenters. The SMILES string of the molecule is CCN(C[C@@H](O)c1cccc(O)c1)C(=O)CC1CCN(C)CC1. The minimum Gasteiger partial charge on any atom is -0.508 e. The number of piperidine rings is 1. The summed E-state index contributed by atoms with van der Waals surface area (Å²) < 4.78 is 0. The van der Waals surface area contributed by atoms with Crippen LogP contribution in [-0.4, -0.2) is 59.1 Å². The Morgan fingerprint density at radius 2 is 2.09 bits per heavy atom. The van der Waals surface area contributed by atoms with Crippen LogP contribution < -0.4 is 0 Å². The number of phenolic OH excluding ortho intramolecular Hbond substituents is 1. The first kappa shape index (κ1) is 17.8. The molecule has 23 heavy (non-hydrogen) atoms. The smallest absolute Gasteiger partial charge is 0.222 e. The normalized spacial score (nSPS) is 17.9. The van der Waals surface area contributed by atoms with Gasteiger partial charge in [0.2, 0.25) is 5.91 Å². The van der Waals surface area contributed by atoms with Gasteiger partial charge in [-0.15, -0.1) is 0 Å². The van der Waals surface area contributed by atoms with Gasteiger partial charge in [-0.25, -0.2) is 0 Å². The molecule has 1 fully saturated rings. The zero-order valence-corrected chi connectivity index (χ0v) is 14.1. The number of nitrogens with zero attached hydrogens (tertiary/aromatic N) is 2. The third kappa shape index (κ3) is 5.22. The van der Waals surface area contributed by atoms with Crippen molar-refractivity contribution in [3.05, 3.63) is 29.8 Å². The number of likely N-dealkylation sites (N-methyl/N-ethyl adjacent to an activating group) is 1. The van der Waals surface area contributed by atoms with Crippen LogP contribution >= 0.6 is 0 Å². The molecule has 5 nitrogen and oxygen atoms in total. The topological polar surface area (TPSA) is 64.0 Å². The molecule has 1 heterocycles. The van der Waals surface area contributed by atoms with E-state index in [1.54, 1.807) is 29.2 Å². The third-order valence-electron chi connectivity index (χ3n) is 4.68. The summed E-state index contributed by atoms with van der Waals surface area (Å²) in [6.45, 7) is 4.89. The van der Waals surface area contributed by atoms with Gasteiger partial charge in [-0.05, 0) is 63.5 Å². The number of hydrogen-bond donors (Lipinski definition) is 2.